The molecule has 1 saturated heterocycles. The molecule has 0 atom stereocenters. The molecule has 1 amide bonds. The molecule has 1 N–H and O–H groups in total. The summed E-state index contributed by atoms with van der Waals surface area (Å²) in [5, 5.41) is 5.29. The monoisotopic (exact) mass is 387 g/mol. The van der Waals surface area contributed by atoms with Crippen LogP contribution in [0.5, 0.6) is 0 Å². The molecule has 1 aliphatic heterocycles. The quantitative estimate of drug-likeness (QED) is 0.758. The first-order chi connectivity index (χ1) is 12.7. The number of carbonyl (C=O) groups excluding carboxylic acids is 1. The lowest BCUT2D eigenvalue weighted by Gasteiger charge is -2.32. The van der Waals surface area contributed by atoms with E-state index in [0.717, 1.165) is 53.3 Å². The van der Waals surface area contributed by atoms with Crippen LogP contribution in [0.25, 0.3) is 0 Å². The van der Waals surface area contributed by atoms with Crippen LogP contribution in [0.3, 0.4) is 0 Å². The number of rotatable bonds is 6. The van der Waals surface area contributed by atoms with Gasteiger partial charge in [-0.25, -0.2) is 4.98 Å². The van der Waals surface area contributed by atoms with Gasteiger partial charge < -0.3 is 10.2 Å². The Kier molecular flexibility index (Phi) is 5.62. The summed E-state index contributed by atoms with van der Waals surface area (Å²) in [7, 11) is 0. The Morgan fingerprint density at radius 3 is 2.58 bits per heavy atom. The van der Waals surface area contributed by atoms with Crippen LogP contribution in [-0.4, -0.2) is 41.0 Å². The van der Waals surface area contributed by atoms with E-state index in [9.17, 15) is 4.79 Å². The van der Waals surface area contributed by atoms with Crippen LogP contribution in [-0.2, 0) is 5.75 Å². The maximum atomic E-state index is 12.5. The molecule has 0 spiro atoms. The van der Waals surface area contributed by atoms with Crippen LogP contribution in [0.1, 0.15) is 47.3 Å². The van der Waals surface area contributed by atoms with Gasteiger partial charge in [-0.15, -0.1) is 11.3 Å². The highest BCUT2D eigenvalue weighted by Crippen LogP contribution is 2.29. The van der Waals surface area contributed by atoms with E-state index in [1.807, 2.05) is 19.1 Å². The van der Waals surface area contributed by atoms with Gasteiger partial charge in [-0.1, -0.05) is 23.9 Å². The predicted molar refractivity (Wildman–Crippen MR) is 108 cm³/mol. The van der Waals surface area contributed by atoms with E-state index in [1.165, 1.54) is 18.4 Å². The van der Waals surface area contributed by atoms with Gasteiger partial charge in [0, 0.05) is 47.6 Å². The number of nitrogens with zero attached hydrogens (tertiary/aromatic N) is 2. The number of aryl methyl sites for hydroxylation is 1. The molecule has 2 aromatic rings. The molecule has 0 bridgehead atoms. The summed E-state index contributed by atoms with van der Waals surface area (Å²) < 4.78 is 1.10. The Balaban J connectivity index is 1.25. The summed E-state index contributed by atoms with van der Waals surface area (Å²) in [5.74, 6) is 0.943. The zero-order valence-electron chi connectivity index (χ0n) is 15.1. The average Bonchev–Trinajstić information content (AvgIpc) is 3.43. The zero-order chi connectivity index (χ0) is 17.9. The second-order valence-electron chi connectivity index (χ2n) is 7.26. The number of benzene rings is 1. The summed E-state index contributed by atoms with van der Waals surface area (Å²) in [6, 6.07) is 9.15. The number of thiazole rings is 1. The van der Waals surface area contributed by atoms with Crippen molar-refractivity contribution in [2.45, 2.75) is 54.8 Å². The fourth-order valence-corrected chi connectivity index (χ4v) is 5.22. The van der Waals surface area contributed by atoms with Gasteiger partial charge in [-0.2, -0.15) is 0 Å². The molecule has 0 unspecified atom stereocenters. The minimum atomic E-state index is 0.0598. The fourth-order valence-electron chi connectivity index (χ4n) is 3.41. The Hall–Kier alpha value is -1.37. The molecule has 2 aliphatic rings. The number of carbonyl (C=O) groups is 1. The second-order valence-corrected chi connectivity index (χ2v) is 9.34. The molecule has 1 saturated carbocycles. The van der Waals surface area contributed by atoms with Gasteiger partial charge in [0.05, 0.1) is 0 Å². The number of aromatic nitrogens is 1. The molecule has 2 fully saturated rings. The summed E-state index contributed by atoms with van der Waals surface area (Å²) in [6.07, 6.45) is 4.88. The van der Waals surface area contributed by atoms with E-state index in [2.05, 4.69) is 32.7 Å². The van der Waals surface area contributed by atoms with E-state index in [4.69, 9.17) is 0 Å². The van der Waals surface area contributed by atoms with Crippen molar-refractivity contribution < 1.29 is 4.79 Å². The fraction of sp³-hybridized carbons (Fsp3) is 0.500. The van der Waals surface area contributed by atoms with Crippen LogP contribution in [0.2, 0.25) is 0 Å². The third-order valence-electron chi connectivity index (χ3n) is 5.10. The van der Waals surface area contributed by atoms with Crippen molar-refractivity contribution in [3.63, 3.8) is 0 Å². The summed E-state index contributed by atoms with van der Waals surface area (Å²) in [4.78, 5) is 19.5. The molecule has 0 radical (unpaired) electrons. The lowest BCUT2D eigenvalue weighted by Crippen LogP contribution is -2.45. The average molecular weight is 388 g/mol. The molecule has 26 heavy (non-hydrogen) atoms. The molecule has 138 valence electrons. The second kappa shape index (κ2) is 8.11. The Morgan fingerprint density at radius 1 is 1.23 bits per heavy atom. The highest BCUT2D eigenvalue weighted by atomic mass is 32.2. The third kappa shape index (κ3) is 4.67. The van der Waals surface area contributed by atoms with Crippen LogP contribution in [0.4, 0.5) is 0 Å². The maximum absolute atomic E-state index is 12.5. The van der Waals surface area contributed by atoms with Crippen molar-refractivity contribution >= 4 is 29.0 Å². The van der Waals surface area contributed by atoms with E-state index in [-0.39, 0.29) is 5.91 Å². The summed E-state index contributed by atoms with van der Waals surface area (Å²) in [5.41, 5.74) is 3.05. The van der Waals surface area contributed by atoms with Crippen LogP contribution in [0.15, 0.2) is 34.0 Å². The lowest BCUT2D eigenvalue weighted by molar-refractivity contribution is 0.0909. The number of thioether (sulfide) groups is 1. The smallest absolute Gasteiger partial charge is 0.251 e. The SMILES string of the molecule is Cc1csc(SCc2ccc(C(=O)NC3CCN(C4CC4)CC3)cc2)n1. The number of hydrogen-bond donors (Lipinski definition) is 1. The van der Waals surface area contributed by atoms with Crippen molar-refractivity contribution in [2.24, 2.45) is 0 Å². The molecule has 1 aliphatic carbocycles. The molecule has 4 rings (SSSR count). The Labute approximate surface area is 163 Å². The molecule has 1 aromatic carbocycles. The van der Waals surface area contributed by atoms with Gasteiger partial charge in [-0.3, -0.25) is 4.79 Å². The van der Waals surface area contributed by atoms with Gasteiger partial charge in [0.15, 0.2) is 0 Å². The van der Waals surface area contributed by atoms with Crippen molar-refractivity contribution in [1.82, 2.24) is 15.2 Å². The minimum Gasteiger partial charge on any atom is -0.349 e. The van der Waals surface area contributed by atoms with Crippen molar-refractivity contribution in [3.8, 4) is 0 Å². The van der Waals surface area contributed by atoms with Gasteiger partial charge in [0.1, 0.15) is 4.34 Å². The van der Waals surface area contributed by atoms with Gasteiger partial charge in [-0.05, 0) is 50.3 Å². The van der Waals surface area contributed by atoms with Gasteiger partial charge >= 0.3 is 0 Å². The lowest BCUT2D eigenvalue weighted by atomic mass is 10.0. The molecule has 2 heterocycles. The summed E-state index contributed by atoms with van der Waals surface area (Å²) in [6.45, 7) is 4.27. The number of nitrogens with one attached hydrogen (secondary N) is 1. The third-order valence-corrected chi connectivity index (χ3v) is 7.31. The van der Waals surface area contributed by atoms with Crippen molar-refractivity contribution in [2.75, 3.05) is 13.1 Å². The zero-order valence-corrected chi connectivity index (χ0v) is 16.7. The Morgan fingerprint density at radius 2 is 1.96 bits per heavy atom. The van der Waals surface area contributed by atoms with E-state index in [1.54, 1.807) is 23.1 Å². The highest BCUT2D eigenvalue weighted by Gasteiger charge is 2.32. The normalized spacial score (nSPS) is 18.8. The van der Waals surface area contributed by atoms with E-state index in [0.29, 0.717) is 6.04 Å². The number of piperidine rings is 1. The number of amides is 1. The molecule has 6 heteroatoms. The topological polar surface area (TPSA) is 45.2 Å². The van der Waals surface area contributed by atoms with Crippen molar-refractivity contribution in [3.05, 3.63) is 46.5 Å². The van der Waals surface area contributed by atoms with Gasteiger partial charge in [0.25, 0.3) is 5.91 Å². The largest absolute Gasteiger partial charge is 0.349 e. The first-order valence-electron chi connectivity index (χ1n) is 9.36. The minimum absolute atomic E-state index is 0.0598. The van der Waals surface area contributed by atoms with Crippen LogP contribution < -0.4 is 5.32 Å². The maximum Gasteiger partial charge on any atom is 0.251 e. The van der Waals surface area contributed by atoms with Crippen molar-refractivity contribution in [1.29, 1.82) is 0 Å². The van der Waals surface area contributed by atoms with E-state index >= 15 is 0 Å². The first kappa shape index (κ1) is 18.0. The molecular formula is C20H25N3OS2. The number of hydrogen-bond acceptors (Lipinski definition) is 5. The summed E-state index contributed by atoms with van der Waals surface area (Å²) >= 11 is 3.43. The van der Waals surface area contributed by atoms with Gasteiger partial charge in [0.2, 0.25) is 0 Å². The predicted octanol–water partition coefficient (Wildman–Crippen LogP) is 4.10. The number of likely N-dealkylation sites (tertiary alicyclic amines) is 1. The van der Waals surface area contributed by atoms with Crippen LogP contribution >= 0.6 is 23.1 Å². The van der Waals surface area contributed by atoms with Crippen LogP contribution in [0, 0.1) is 6.92 Å². The Bertz CT molecular complexity index is 747. The molecular weight excluding hydrogens is 362 g/mol. The standard InChI is InChI=1S/C20H25N3OS2/c1-14-12-25-20(21-14)26-13-15-2-4-16(5-3-15)19(24)22-17-8-10-23(11-9-17)18-6-7-18/h2-5,12,17-18H,6-11,13H2,1H3,(H,22,24). The molecule has 4 nitrogen and oxygen atoms in total. The molecule has 1 aromatic heterocycles. The van der Waals surface area contributed by atoms with E-state index < -0.39 is 0 Å². The first-order valence-corrected chi connectivity index (χ1v) is 11.2. The highest BCUT2D eigenvalue weighted by molar-refractivity contribution is 8.00.